The smallest absolute Gasteiger partial charge is 0.169 e. The summed E-state index contributed by atoms with van der Waals surface area (Å²) in [5.74, 6) is -0.884. The van der Waals surface area contributed by atoms with Crippen LogP contribution in [-0.4, -0.2) is 15.9 Å². The Balaban J connectivity index is 1.67. The highest BCUT2D eigenvalue weighted by molar-refractivity contribution is 6.11. The molecular weight excluding hydrogens is 417 g/mol. The average molecular weight is 442 g/mol. The molecule has 4 aromatic rings. The quantitative estimate of drug-likeness (QED) is 0.327. The van der Waals surface area contributed by atoms with Crippen molar-refractivity contribution in [2.45, 2.75) is 26.3 Å². The van der Waals surface area contributed by atoms with Gasteiger partial charge in [0.2, 0.25) is 0 Å². The summed E-state index contributed by atoms with van der Waals surface area (Å²) >= 11 is 0. The summed E-state index contributed by atoms with van der Waals surface area (Å²) in [6.07, 6.45) is 3.44. The highest BCUT2D eigenvalue weighted by Crippen LogP contribution is 2.39. The number of carbonyl (C=O) groups excluding carboxylic acids is 1. The molecule has 0 unspecified atom stereocenters. The third kappa shape index (κ3) is 4.05. The first kappa shape index (κ1) is 21.1. The Hall–Kier alpha value is -3.77. The van der Waals surface area contributed by atoms with Crippen molar-refractivity contribution in [1.29, 1.82) is 0 Å². The third-order valence-electron chi connectivity index (χ3n) is 6.13. The first-order valence-electron chi connectivity index (χ1n) is 11.0. The molecule has 1 saturated carbocycles. The van der Waals surface area contributed by atoms with Crippen molar-refractivity contribution in [3.05, 3.63) is 83.3 Å². The molecule has 0 bridgehead atoms. The Kier molecular flexibility index (Phi) is 5.30. The maximum absolute atomic E-state index is 14.2. The summed E-state index contributed by atoms with van der Waals surface area (Å²) in [7, 11) is 0. The summed E-state index contributed by atoms with van der Waals surface area (Å²) in [6.45, 7) is 2.12. The number of halogens is 1. The van der Waals surface area contributed by atoms with Crippen LogP contribution in [0.4, 0.5) is 15.8 Å². The largest absolute Gasteiger partial charge is 0.505 e. The van der Waals surface area contributed by atoms with Gasteiger partial charge in [0, 0.05) is 29.7 Å². The molecule has 0 aliphatic heterocycles. The number of anilines is 2. The van der Waals surface area contributed by atoms with E-state index in [1.54, 1.807) is 19.2 Å². The van der Waals surface area contributed by atoms with Gasteiger partial charge < -0.3 is 16.2 Å². The monoisotopic (exact) mass is 441 g/mol. The van der Waals surface area contributed by atoms with Crippen molar-refractivity contribution in [3.63, 3.8) is 0 Å². The number of hydrogen-bond donors (Lipinski definition) is 3. The number of fused-ring (bicyclic) bond motifs is 1. The molecular formula is C27H24FN3O2. The number of rotatable bonds is 6. The van der Waals surface area contributed by atoms with Gasteiger partial charge in [0.25, 0.3) is 0 Å². The molecule has 1 aliphatic carbocycles. The summed E-state index contributed by atoms with van der Waals surface area (Å²) in [5.41, 5.74) is 11.4. The van der Waals surface area contributed by atoms with Gasteiger partial charge in [0.1, 0.15) is 0 Å². The van der Waals surface area contributed by atoms with E-state index in [9.17, 15) is 14.3 Å². The van der Waals surface area contributed by atoms with E-state index in [2.05, 4.69) is 10.3 Å². The molecule has 1 aliphatic rings. The number of nitrogens with two attached hydrogens (primary N) is 1. The molecule has 1 fully saturated rings. The number of nitrogens with zero attached hydrogens (tertiary/aromatic N) is 1. The van der Waals surface area contributed by atoms with Crippen LogP contribution < -0.4 is 11.1 Å². The zero-order valence-electron chi connectivity index (χ0n) is 18.2. The van der Waals surface area contributed by atoms with Crippen LogP contribution in [-0.2, 0) is 6.54 Å². The molecule has 0 radical (unpaired) electrons. The highest BCUT2D eigenvalue weighted by atomic mass is 19.1. The molecule has 1 aromatic heterocycles. The van der Waals surface area contributed by atoms with Crippen molar-refractivity contribution in [2.24, 2.45) is 11.7 Å². The highest BCUT2D eigenvalue weighted by Gasteiger charge is 2.32. The number of carbonyl (C=O) groups is 1. The minimum absolute atomic E-state index is 0.0430. The standard InChI is InChI=1S/C27H24FN3O2/c1-15-10-19(12-23(28)26(15)32)18-6-9-24-21(11-18)25(22(14-30-24)27(33)17-4-5-17)31-20-7-2-16(13-29)3-8-20/h2-3,6-12,14,17,32H,4-5,13,29H2,1H3,(H,30,31). The number of aromatic hydroxyl groups is 1. The zero-order chi connectivity index (χ0) is 23.1. The van der Waals surface area contributed by atoms with E-state index in [0.29, 0.717) is 28.9 Å². The first-order chi connectivity index (χ1) is 15.9. The van der Waals surface area contributed by atoms with Gasteiger partial charge in [-0.25, -0.2) is 4.39 Å². The molecule has 166 valence electrons. The van der Waals surface area contributed by atoms with E-state index in [1.165, 1.54) is 6.07 Å². The van der Waals surface area contributed by atoms with Crippen LogP contribution in [0.5, 0.6) is 5.75 Å². The lowest BCUT2D eigenvalue weighted by Gasteiger charge is -2.16. The van der Waals surface area contributed by atoms with E-state index in [1.807, 2.05) is 42.5 Å². The Morgan fingerprint density at radius 3 is 2.55 bits per heavy atom. The Morgan fingerprint density at radius 2 is 1.88 bits per heavy atom. The van der Waals surface area contributed by atoms with Crippen LogP contribution in [0.25, 0.3) is 22.0 Å². The van der Waals surface area contributed by atoms with E-state index in [-0.39, 0.29) is 17.5 Å². The van der Waals surface area contributed by atoms with Crippen molar-refractivity contribution in [2.75, 3.05) is 5.32 Å². The van der Waals surface area contributed by atoms with Crippen molar-refractivity contribution >= 4 is 28.1 Å². The minimum atomic E-state index is -0.667. The van der Waals surface area contributed by atoms with Crippen LogP contribution in [0.3, 0.4) is 0 Å². The topological polar surface area (TPSA) is 88.2 Å². The fourth-order valence-electron chi connectivity index (χ4n) is 4.03. The van der Waals surface area contributed by atoms with Gasteiger partial charge in [0.15, 0.2) is 17.3 Å². The number of phenols is 1. The fourth-order valence-corrected chi connectivity index (χ4v) is 4.03. The predicted octanol–water partition coefficient (Wildman–Crippen LogP) is 5.85. The van der Waals surface area contributed by atoms with Crippen LogP contribution in [0, 0.1) is 18.7 Å². The molecule has 0 saturated heterocycles. The molecule has 0 atom stereocenters. The number of phenolic OH excluding ortho intramolecular Hbond substituents is 1. The molecule has 0 amide bonds. The number of pyridine rings is 1. The number of aromatic nitrogens is 1. The average Bonchev–Trinajstić information content (AvgIpc) is 3.68. The summed E-state index contributed by atoms with van der Waals surface area (Å²) in [4.78, 5) is 17.6. The fraction of sp³-hybridized carbons (Fsp3) is 0.185. The second-order valence-electron chi connectivity index (χ2n) is 8.57. The molecule has 6 heteroatoms. The predicted molar refractivity (Wildman–Crippen MR) is 128 cm³/mol. The van der Waals surface area contributed by atoms with E-state index in [0.717, 1.165) is 40.6 Å². The van der Waals surface area contributed by atoms with Gasteiger partial charge in [-0.2, -0.15) is 0 Å². The normalized spacial score (nSPS) is 13.3. The number of ketones is 1. The van der Waals surface area contributed by atoms with Crippen molar-refractivity contribution in [1.82, 2.24) is 4.98 Å². The van der Waals surface area contributed by atoms with Gasteiger partial charge in [-0.15, -0.1) is 0 Å². The van der Waals surface area contributed by atoms with E-state index < -0.39 is 5.82 Å². The Bertz CT molecular complexity index is 1360. The summed E-state index contributed by atoms with van der Waals surface area (Å²) in [5, 5.41) is 14.0. The Labute approximate surface area is 191 Å². The van der Waals surface area contributed by atoms with E-state index in [4.69, 9.17) is 5.73 Å². The molecule has 4 N–H and O–H groups in total. The van der Waals surface area contributed by atoms with Crippen LogP contribution in [0.15, 0.2) is 60.8 Å². The second-order valence-corrected chi connectivity index (χ2v) is 8.57. The Morgan fingerprint density at radius 1 is 1.12 bits per heavy atom. The summed E-state index contributed by atoms with van der Waals surface area (Å²) < 4.78 is 14.2. The number of nitrogens with one attached hydrogen (secondary N) is 1. The van der Waals surface area contributed by atoms with E-state index >= 15 is 0 Å². The lowest BCUT2D eigenvalue weighted by molar-refractivity contribution is 0.0968. The summed E-state index contributed by atoms with van der Waals surface area (Å²) in [6, 6.07) is 16.4. The van der Waals surface area contributed by atoms with Crippen LogP contribution >= 0.6 is 0 Å². The molecule has 3 aromatic carbocycles. The second kappa shape index (κ2) is 8.30. The number of hydrogen-bond acceptors (Lipinski definition) is 5. The molecule has 1 heterocycles. The lowest BCUT2D eigenvalue weighted by atomic mass is 9.97. The molecule has 0 spiro atoms. The zero-order valence-corrected chi connectivity index (χ0v) is 18.2. The number of benzene rings is 3. The lowest BCUT2D eigenvalue weighted by Crippen LogP contribution is -2.07. The maximum Gasteiger partial charge on any atom is 0.169 e. The van der Waals surface area contributed by atoms with Crippen molar-refractivity contribution in [3.8, 4) is 16.9 Å². The SMILES string of the molecule is Cc1cc(-c2ccc3ncc(C(=O)C4CC4)c(Nc4ccc(CN)cc4)c3c2)cc(F)c1O. The molecule has 33 heavy (non-hydrogen) atoms. The van der Waals surface area contributed by atoms with Gasteiger partial charge >= 0.3 is 0 Å². The van der Waals surface area contributed by atoms with Gasteiger partial charge in [-0.05, 0) is 78.4 Å². The van der Waals surface area contributed by atoms with Gasteiger partial charge in [0.05, 0.1) is 16.8 Å². The number of aryl methyl sites for hydroxylation is 1. The minimum Gasteiger partial charge on any atom is -0.505 e. The van der Waals surface area contributed by atoms with Gasteiger partial charge in [-0.3, -0.25) is 9.78 Å². The maximum atomic E-state index is 14.2. The van der Waals surface area contributed by atoms with Crippen molar-refractivity contribution < 1.29 is 14.3 Å². The van der Waals surface area contributed by atoms with Crippen LogP contribution in [0.2, 0.25) is 0 Å². The molecule has 5 rings (SSSR count). The van der Waals surface area contributed by atoms with Crippen LogP contribution in [0.1, 0.15) is 34.3 Å². The number of Topliss-reactive ketones (excluding diaryl/α,β-unsaturated/α-hetero) is 1. The van der Waals surface area contributed by atoms with Gasteiger partial charge in [-0.1, -0.05) is 18.2 Å². The first-order valence-corrected chi connectivity index (χ1v) is 11.0. The molecule has 5 nitrogen and oxygen atoms in total. The third-order valence-corrected chi connectivity index (χ3v) is 6.13.